The Balaban J connectivity index is 1.63. The van der Waals surface area contributed by atoms with Gasteiger partial charge in [-0.2, -0.15) is 0 Å². The minimum atomic E-state index is -0.865. The summed E-state index contributed by atoms with van der Waals surface area (Å²) in [5, 5.41) is 3.92. The van der Waals surface area contributed by atoms with Gasteiger partial charge in [0.05, 0.1) is 56.8 Å². The van der Waals surface area contributed by atoms with E-state index in [0.29, 0.717) is 42.4 Å². The number of benzene rings is 1. The summed E-state index contributed by atoms with van der Waals surface area (Å²) in [6, 6.07) is 2.85. The topological polar surface area (TPSA) is 90.9 Å². The van der Waals surface area contributed by atoms with Crippen molar-refractivity contribution in [2.24, 2.45) is 0 Å². The van der Waals surface area contributed by atoms with Crippen molar-refractivity contribution in [3.05, 3.63) is 30.0 Å². The maximum absolute atomic E-state index is 15.3. The highest BCUT2D eigenvalue weighted by Crippen LogP contribution is 2.40. The molecule has 3 aromatic rings. The van der Waals surface area contributed by atoms with Crippen LogP contribution < -0.4 is 19.7 Å². The number of ether oxygens (including phenoxy) is 4. The summed E-state index contributed by atoms with van der Waals surface area (Å²) in [6.07, 6.45) is 3.55. The molecule has 0 radical (unpaired) electrons. The molecule has 0 aliphatic carbocycles. The second-order valence-corrected chi connectivity index (χ2v) is 9.32. The number of aromatic nitrogens is 3. The largest absolute Gasteiger partial charge is 0.494 e. The van der Waals surface area contributed by atoms with Crippen molar-refractivity contribution in [1.29, 1.82) is 0 Å². The highest BCUT2D eigenvalue weighted by molar-refractivity contribution is 5.92. The van der Waals surface area contributed by atoms with E-state index in [-0.39, 0.29) is 34.4 Å². The van der Waals surface area contributed by atoms with Gasteiger partial charge in [0.25, 0.3) is 0 Å². The van der Waals surface area contributed by atoms with Crippen molar-refractivity contribution < 1.29 is 27.7 Å². The molecule has 2 aliphatic rings. The molecular formula is C25H29F2N5O4. The number of hydrogen-bond donors (Lipinski definition) is 1. The van der Waals surface area contributed by atoms with Gasteiger partial charge < -0.3 is 29.2 Å². The van der Waals surface area contributed by atoms with E-state index in [0.717, 1.165) is 19.4 Å². The normalized spacial score (nSPS) is 19.2. The van der Waals surface area contributed by atoms with Gasteiger partial charge in [-0.25, -0.2) is 23.7 Å². The summed E-state index contributed by atoms with van der Waals surface area (Å²) in [5.74, 6) is -1.08. The molecule has 11 heteroatoms. The van der Waals surface area contributed by atoms with Crippen LogP contribution in [0.15, 0.2) is 18.3 Å². The Morgan fingerprint density at radius 1 is 1.08 bits per heavy atom. The van der Waals surface area contributed by atoms with Gasteiger partial charge in [-0.1, -0.05) is 0 Å². The third-order valence-electron chi connectivity index (χ3n) is 6.71. The Bertz CT molecular complexity index is 1250. The summed E-state index contributed by atoms with van der Waals surface area (Å²) < 4.78 is 52.0. The van der Waals surface area contributed by atoms with Crippen molar-refractivity contribution in [1.82, 2.24) is 15.0 Å². The second kappa shape index (κ2) is 9.62. The lowest BCUT2D eigenvalue weighted by Crippen LogP contribution is -2.61. The molecule has 0 spiro atoms. The molecule has 1 N–H and O–H groups in total. The summed E-state index contributed by atoms with van der Waals surface area (Å²) in [6.45, 7) is 4.42. The average molecular weight is 502 g/mol. The predicted molar refractivity (Wildman–Crippen MR) is 131 cm³/mol. The van der Waals surface area contributed by atoms with Crippen LogP contribution in [0, 0.1) is 11.6 Å². The first-order chi connectivity index (χ1) is 17.4. The number of methoxy groups -OCH3 is 3. The first-order valence-electron chi connectivity index (χ1n) is 11.8. The van der Waals surface area contributed by atoms with Gasteiger partial charge in [0, 0.05) is 31.4 Å². The fourth-order valence-corrected chi connectivity index (χ4v) is 4.63. The number of rotatable bonds is 7. The van der Waals surface area contributed by atoms with Crippen LogP contribution in [-0.4, -0.2) is 74.2 Å². The van der Waals surface area contributed by atoms with Crippen LogP contribution in [0.4, 0.5) is 20.5 Å². The molecule has 0 amide bonds. The Labute approximate surface area is 207 Å². The molecule has 192 valence electrons. The van der Waals surface area contributed by atoms with Crippen molar-refractivity contribution in [2.45, 2.75) is 31.4 Å². The van der Waals surface area contributed by atoms with E-state index in [4.69, 9.17) is 23.9 Å². The van der Waals surface area contributed by atoms with Gasteiger partial charge in [0.15, 0.2) is 29.0 Å². The smallest absolute Gasteiger partial charge is 0.223 e. The van der Waals surface area contributed by atoms with Gasteiger partial charge >= 0.3 is 0 Å². The molecule has 4 heterocycles. The highest BCUT2D eigenvalue weighted by atomic mass is 19.1. The number of nitrogens with zero attached hydrogens (tertiary/aromatic N) is 4. The molecule has 2 aliphatic heterocycles. The standard InChI is InChI=1S/C25H29F2N5O4/c1-25(35-4)12-32(13-25)23-22-14(10-28-24(31-22)29-15-6-5-7-36-11-15)8-16(30-23)19-20(26)17(33-2)9-18(34-3)21(19)27/h8-10,15H,5-7,11-13H2,1-4H3,(H,28,29,31)/t15-/m0/s1. The van der Waals surface area contributed by atoms with Gasteiger partial charge in [-0.15, -0.1) is 0 Å². The zero-order chi connectivity index (χ0) is 25.4. The molecule has 9 nitrogen and oxygen atoms in total. The first-order valence-corrected chi connectivity index (χ1v) is 11.8. The maximum atomic E-state index is 15.3. The molecule has 2 fully saturated rings. The zero-order valence-corrected chi connectivity index (χ0v) is 20.7. The zero-order valence-electron chi connectivity index (χ0n) is 20.7. The van der Waals surface area contributed by atoms with E-state index < -0.39 is 11.6 Å². The van der Waals surface area contributed by atoms with Crippen LogP contribution in [-0.2, 0) is 9.47 Å². The van der Waals surface area contributed by atoms with Crippen LogP contribution in [0.25, 0.3) is 22.2 Å². The van der Waals surface area contributed by atoms with E-state index in [2.05, 4.69) is 15.3 Å². The van der Waals surface area contributed by atoms with Crippen LogP contribution in [0.3, 0.4) is 0 Å². The quantitative estimate of drug-likeness (QED) is 0.519. The van der Waals surface area contributed by atoms with E-state index in [1.165, 1.54) is 20.3 Å². The van der Waals surface area contributed by atoms with E-state index in [1.54, 1.807) is 19.4 Å². The summed E-state index contributed by atoms with van der Waals surface area (Å²) >= 11 is 0. The molecule has 36 heavy (non-hydrogen) atoms. The van der Waals surface area contributed by atoms with E-state index >= 15 is 8.78 Å². The summed E-state index contributed by atoms with van der Waals surface area (Å²) in [7, 11) is 4.28. The molecule has 2 saturated heterocycles. The Morgan fingerprint density at radius 3 is 2.42 bits per heavy atom. The molecule has 2 aromatic heterocycles. The number of hydrogen-bond acceptors (Lipinski definition) is 9. The van der Waals surface area contributed by atoms with Crippen LogP contribution in [0.2, 0.25) is 0 Å². The lowest BCUT2D eigenvalue weighted by molar-refractivity contribution is -0.0170. The minimum Gasteiger partial charge on any atom is -0.494 e. The van der Waals surface area contributed by atoms with Crippen molar-refractivity contribution in [2.75, 3.05) is 57.8 Å². The third kappa shape index (κ3) is 4.37. The molecule has 0 saturated carbocycles. The van der Waals surface area contributed by atoms with Crippen LogP contribution in [0.1, 0.15) is 19.8 Å². The molecule has 1 aromatic carbocycles. The van der Waals surface area contributed by atoms with Crippen LogP contribution in [0.5, 0.6) is 11.5 Å². The monoisotopic (exact) mass is 501 g/mol. The van der Waals surface area contributed by atoms with Gasteiger partial charge in [-0.3, -0.25) is 0 Å². The van der Waals surface area contributed by atoms with Gasteiger partial charge in [-0.05, 0) is 25.8 Å². The fraction of sp³-hybridized carbons (Fsp3) is 0.480. The van der Waals surface area contributed by atoms with Crippen molar-refractivity contribution in [3.63, 3.8) is 0 Å². The summed E-state index contributed by atoms with van der Waals surface area (Å²) in [4.78, 5) is 15.8. The van der Waals surface area contributed by atoms with Crippen molar-refractivity contribution in [3.8, 4) is 22.8 Å². The Kier molecular flexibility index (Phi) is 6.52. The average Bonchev–Trinajstić information content (AvgIpc) is 2.87. The predicted octanol–water partition coefficient (Wildman–Crippen LogP) is 3.80. The molecule has 1 atom stereocenters. The third-order valence-corrected chi connectivity index (χ3v) is 6.71. The van der Waals surface area contributed by atoms with Gasteiger partial charge in [0.1, 0.15) is 5.52 Å². The fourth-order valence-electron chi connectivity index (χ4n) is 4.63. The number of halogens is 2. The molecule has 0 bridgehead atoms. The van der Waals surface area contributed by atoms with Crippen LogP contribution >= 0.6 is 0 Å². The Hall–Kier alpha value is -3.31. The molecule has 5 rings (SSSR count). The second-order valence-electron chi connectivity index (χ2n) is 9.32. The first kappa shape index (κ1) is 24.4. The molecule has 0 unspecified atom stereocenters. The minimum absolute atomic E-state index is 0.0840. The SMILES string of the molecule is COc1cc(OC)c(F)c(-c2cc3cnc(N[C@H]4CCCOC4)nc3c(N3CC(C)(OC)C3)n2)c1F. The highest BCUT2D eigenvalue weighted by Gasteiger charge is 2.41. The summed E-state index contributed by atoms with van der Waals surface area (Å²) in [5.41, 5.74) is -0.0405. The Morgan fingerprint density at radius 2 is 1.81 bits per heavy atom. The van der Waals surface area contributed by atoms with E-state index in [9.17, 15) is 0 Å². The number of fused-ring (bicyclic) bond motifs is 1. The number of anilines is 2. The number of pyridine rings is 1. The molecular weight excluding hydrogens is 472 g/mol. The van der Waals surface area contributed by atoms with E-state index in [1.807, 2.05) is 11.8 Å². The lowest BCUT2D eigenvalue weighted by Gasteiger charge is -2.47. The maximum Gasteiger partial charge on any atom is 0.223 e. The van der Waals surface area contributed by atoms with Crippen molar-refractivity contribution >= 4 is 22.7 Å². The number of nitrogens with one attached hydrogen (secondary N) is 1. The lowest BCUT2D eigenvalue weighted by atomic mass is 9.96. The van der Waals surface area contributed by atoms with Gasteiger partial charge in [0.2, 0.25) is 5.95 Å².